The van der Waals surface area contributed by atoms with Crippen LogP contribution in [0.4, 0.5) is 5.82 Å². The van der Waals surface area contributed by atoms with E-state index >= 15 is 0 Å². The molecular formula is C11H15ClIN3O3S. The Bertz CT molecular complexity index is 599. The molecule has 112 valence electrons. The largest absolute Gasteiger partial charge is 0.390 e. The molecule has 0 aliphatic carbocycles. The number of nitrogens with zero attached hydrogens (tertiary/aromatic N) is 2. The quantitative estimate of drug-likeness (QED) is 0.702. The number of aliphatic hydroxyl groups excluding tert-OH is 1. The Kier molecular flexibility index (Phi) is 5.11. The number of piperidine rings is 1. The number of hydrogen-bond donors (Lipinski definition) is 2. The number of nitrogens with one attached hydrogen (secondary N) is 1. The van der Waals surface area contributed by atoms with Crippen molar-refractivity contribution < 1.29 is 13.5 Å². The number of sulfonamides is 1. The predicted octanol–water partition coefficient (Wildman–Crippen LogP) is 1.15. The molecule has 2 rings (SSSR count). The second kappa shape index (κ2) is 6.30. The highest BCUT2D eigenvalue weighted by Gasteiger charge is 2.31. The molecule has 1 aromatic heterocycles. The van der Waals surface area contributed by atoms with Gasteiger partial charge in [0.1, 0.15) is 5.82 Å². The lowest BCUT2D eigenvalue weighted by atomic mass is 10.0. The van der Waals surface area contributed by atoms with Gasteiger partial charge in [0, 0.05) is 22.9 Å². The molecule has 1 aromatic rings. The van der Waals surface area contributed by atoms with E-state index in [9.17, 15) is 13.5 Å². The van der Waals surface area contributed by atoms with E-state index in [-0.39, 0.29) is 12.6 Å². The lowest BCUT2D eigenvalue weighted by Crippen LogP contribution is -2.51. The van der Waals surface area contributed by atoms with Crippen LogP contribution in [0.2, 0.25) is 5.02 Å². The standard InChI is InChI=1S/C11H15ClIN3O3S/c1-20(18,19)16-3-2-9(10(17)6-16)15-11-4-8(13)7(12)5-14-11/h4-5,9-10,17H,2-3,6H2,1H3,(H,14,15)/t9-,10-/m0/s1. The van der Waals surface area contributed by atoms with Gasteiger partial charge in [0.05, 0.1) is 23.4 Å². The van der Waals surface area contributed by atoms with Gasteiger partial charge in [-0.3, -0.25) is 0 Å². The maximum Gasteiger partial charge on any atom is 0.211 e. The second-order valence-corrected chi connectivity index (χ2v) is 8.26. The van der Waals surface area contributed by atoms with Gasteiger partial charge in [0.25, 0.3) is 0 Å². The molecule has 0 unspecified atom stereocenters. The van der Waals surface area contributed by atoms with Crippen molar-refractivity contribution in [3.63, 3.8) is 0 Å². The summed E-state index contributed by atoms with van der Waals surface area (Å²) in [5, 5.41) is 13.8. The Hall–Kier alpha value is -0.160. The molecule has 2 heterocycles. The van der Waals surface area contributed by atoms with E-state index in [1.54, 1.807) is 12.3 Å². The third-order valence-corrected chi connectivity index (χ3v) is 5.94. The first-order valence-electron chi connectivity index (χ1n) is 5.98. The number of rotatable bonds is 3. The summed E-state index contributed by atoms with van der Waals surface area (Å²) in [5.41, 5.74) is 0. The first-order chi connectivity index (χ1) is 9.27. The van der Waals surface area contributed by atoms with Crippen LogP contribution < -0.4 is 5.32 Å². The zero-order valence-electron chi connectivity index (χ0n) is 10.8. The van der Waals surface area contributed by atoms with Crippen molar-refractivity contribution in [1.29, 1.82) is 0 Å². The molecule has 0 saturated carbocycles. The number of halogens is 2. The van der Waals surface area contributed by atoms with E-state index in [4.69, 9.17) is 11.6 Å². The van der Waals surface area contributed by atoms with E-state index in [0.717, 1.165) is 9.83 Å². The van der Waals surface area contributed by atoms with Crippen molar-refractivity contribution in [2.45, 2.75) is 18.6 Å². The normalized spacial score (nSPS) is 24.6. The van der Waals surface area contributed by atoms with Crippen molar-refractivity contribution in [1.82, 2.24) is 9.29 Å². The first kappa shape index (κ1) is 16.2. The Morgan fingerprint density at radius 3 is 2.85 bits per heavy atom. The lowest BCUT2D eigenvalue weighted by Gasteiger charge is -2.35. The zero-order chi connectivity index (χ0) is 14.9. The van der Waals surface area contributed by atoms with Gasteiger partial charge in [-0.05, 0) is 35.1 Å². The molecule has 0 bridgehead atoms. The summed E-state index contributed by atoms with van der Waals surface area (Å²) in [6, 6.07) is 1.57. The summed E-state index contributed by atoms with van der Waals surface area (Å²) < 4.78 is 25.0. The average molecular weight is 432 g/mol. The van der Waals surface area contributed by atoms with Crippen molar-refractivity contribution >= 4 is 50.0 Å². The molecule has 2 N–H and O–H groups in total. The summed E-state index contributed by atoms with van der Waals surface area (Å²) in [5.74, 6) is 0.621. The van der Waals surface area contributed by atoms with Gasteiger partial charge in [0.15, 0.2) is 0 Å². The molecule has 0 amide bonds. The topological polar surface area (TPSA) is 82.5 Å². The van der Waals surface area contributed by atoms with E-state index in [2.05, 4.69) is 32.9 Å². The number of anilines is 1. The van der Waals surface area contributed by atoms with E-state index < -0.39 is 16.1 Å². The monoisotopic (exact) mass is 431 g/mol. The van der Waals surface area contributed by atoms with Crippen LogP contribution in [0, 0.1) is 3.57 Å². The van der Waals surface area contributed by atoms with Gasteiger partial charge in [0.2, 0.25) is 10.0 Å². The third kappa shape index (κ3) is 3.94. The van der Waals surface area contributed by atoms with E-state index in [1.807, 2.05) is 0 Å². The fourth-order valence-corrected chi connectivity index (χ4v) is 3.45. The van der Waals surface area contributed by atoms with Gasteiger partial charge >= 0.3 is 0 Å². The average Bonchev–Trinajstić information content (AvgIpc) is 2.35. The van der Waals surface area contributed by atoms with Crippen LogP contribution in [0.5, 0.6) is 0 Å². The first-order valence-corrected chi connectivity index (χ1v) is 9.28. The van der Waals surface area contributed by atoms with Crippen LogP contribution >= 0.6 is 34.2 Å². The van der Waals surface area contributed by atoms with Gasteiger partial charge in [-0.25, -0.2) is 13.4 Å². The summed E-state index contributed by atoms with van der Waals surface area (Å²) in [7, 11) is -3.26. The Morgan fingerprint density at radius 1 is 1.60 bits per heavy atom. The molecule has 9 heteroatoms. The molecule has 0 radical (unpaired) electrons. The highest BCUT2D eigenvalue weighted by atomic mass is 127. The third-order valence-electron chi connectivity index (χ3n) is 3.16. The highest BCUT2D eigenvalue weighted by Crippen LogP contribution is 2.22. The number of pyridine rings is 1. The van der Waals surface area contributed by atoms with Crippen molar-refractivity contribution in [2.75, 3.05) is 24.7 Å². The Morgan fingerprint density at radius 2 is 2.30 bits per heavy atom. The smallest absolute Gasteiger partial charge is 0.211 e. The predicted molar refractivity (Wildman–Crippen MR) is 86.4 cm³/mol. The maximum absolute atomic E-state index is 11.4. The molecule has 1 aliphatic rings. The van der Waals surface area contributed by atoms with Crippen LogP contribution in [0.3, 0.4) is 0 Å². The summed E-state index contributed by atoms with van der Waals surface area (Å²) in [4.78, 5) is 4.14. The van der Waals surface area contributed by atoms with Gasteiger partial charge < -0.3 is 10.4 Å². The van der Waals surface area contributed by atoms with Crippen LogP contribution in [-0.4, -0.2) is 54.3 Å². The fraction of sp³-hybridized carbons (Fsp3) is 0.545. The van der Waals surface area contributed by atoms with Crippen LogP contribution in [0.15, 0.2) is 12.3 Å². The highest BCUT2D eigenvalue weighted by molar-refractivity contribution is 14.1. The zero-order valence-corrected chi connectivity index (χ0v) is 14.5. The molecule has 0 spiro atoms. The van der Waals surface area contributed by atoms with Crippen molar-refractivity contribution in [3.05, 3.63) is 20.9 Å². The SMILES string of the molecule is CS(=O)(=O)N1CC[C@H](Nc2cc(I)c(Cl)cn2)[C@@H](O)C1. The minimum absolute atomic E-state index is 0.0984. The number of hydrogen-bond acceptors (Lipinski definition) is 5. The number of aromatic nitrogens is 1. The number of aliphatic hydroxyl groups is 1. The van der Waals surface area contributed by atoms with Crippen LogP contribution in [0.25, 0.3) is 0 Å². The molecule has 6 nitrogen and oxygen atoms in total. The molecule has 0 aromatic carbocycles. The van der Waals surface area contributed by atoms with Crippen LogP contribution in [0.1, 0.15) is 6.42 Å². The second-order valence-electron chi connectivity index (χ2n) is 4.71. The molecular weight excluding hydrogens is 417 g/mol. The van der Waals surface area contributed by atoms with Gasteiger partial charge in [-0.2, -0.15) is 4.31 Å². The Balaban J connectivity index is 2.03. The van der Waals surface area contributed by atoms with Crippen molar-refractivity contribution in [2.24, 2.45) is 0 Å². The molecule has 1 fully saturated rings. The molecule has 1 aliphatic heterocycles. The maximum atomic E-state index is 11.4. The van der Waals surface area contributed by atoms with Crippen LogP contribution in [-0.2, 0) is 10.0 Å². The Labute approximate surface area is 136 Å². The minimum atomic E-state index is -3.26. The summed E-state index contributed by atoms with van der Waals surface area (Å²) in [6.07, 6.45) is 2.45. The van der Waals surface area contributed by atoms with Crippen molar-refractivity contribution in [3.8, 4) is 0 Å². The minimum Gasteiger partial charge on any atom is -0.390 e. The molecule has 20 heavy (non-hydrogen) atoms. The van der Waals surface area contributed by atoms with E-state index in [1.165, 1.54) is 4.31 Å². The van der Waals surface area contributed by atoms with Gasteiger partial charge in [-0.1, -0.05) is 11.6 Å². The lowest BCUT2D eigenvalue weighted by molar-refractivity contribution is 0.0952. The molecule has 1 saturated heterocycles. The molecule has 2 atom stereocenters. The summed E-state index contributed by atoms with van der Waals surface area (Å²) >= 11 is 8.00. The van der Waals surface area contributed by atoms with Gasteiger partial charge in [-0.15, -0.1) is 0 Å². The fourth-order valence-electron chi connectivity index (χ4n) is 2.06. The number of β-amino-alcohol motifs (C(OH)–C–C–N with tert-alkyl or cyclic N) is 1. The van der Waals surface area contributed by atoms with E-state index in [0.29, 0.717) is 23.8 Å². The summed E-state index contributed by atoms with van der Waals surface area (Å²) in [6.45, 7) is 0.486.